The molecule has 2 aromatic carbocycles. The van der Waals surface area contributed by atoms with Crippen molar-refractivity contribution in [1.82, 2.24) is 10.2 Å². The molecule has 0 unspecified atom stereocenters. The second-order valence-corrected chi connectivity index (χ2v) is 6.20. The summed E-state index contributed by atoms with van der Waals surface area (Å²) in [6.45, 7) is 0.484. The molecule has 0 spiro atoms. The lowest BCUT2D eigenvalue weighted by Crippen LogP contribution is -2.39. The summed E-state index contributed by atoms with van der Waals surface area (Å²) >= 11 is 3.34. The number of benzene rings is 2. The van der Waals surface area contributed by atoms with Crippen molar-refractivity contribution in [3.05, 3.63) is 64.4 Å². The van der Waals surface area contributed by atoms with E-state index in [1.54, 1.807) is 13.1 Å². The molecule has 0 atom stereocenters. The maximum atomic E-state index is 13.5. The summed E-state index contributed by atoms with van der Waals surface area (Å²) in [6, 6.07) is 13.0. The molecule has 0 fully saturated rings. The zero-order valence-corrected chi connectivity index (χ0v) is 15.3. The number of carbonyl (C=O) groups is 2. The van der Waals surface area contributed by atoms with Crippen molar-refractivity contribution in [2.24, 2.45) is 0 Å². The lowest BCUT2D eigenvalue weighted by molar-refractivity contribution is -0.129. The van der Waals surface area contributed by atoms with Crippen molar-refractivity contribution >= 4 is 27.7 Å². The largest absolute Gasteiger partial charge is 0.492 e. The van der Waals surface area contributed by atoms with Gasteiger partial charge in [0.05, 0.1) is 18.7 Å². The van der Waals surface area contributed by atoms with Crippen LogP contribution in [0.2, 0.25) is 0 Å². The molecule has 0 aromatic heterocycles. The molecule has 5 nitrogen and oxygen atoms in total. The molecule has 0 aliphatic heterocycles. The topological polar surface area (TPSA) is 58.6 Å². The molecule has 0 saturated carbocycles. The number of hydrogen-bond acceptors (Lipinski definition) is 3. The highest BCUT2D eigenvalue weighted by molar-refractivity contribution is 9.10. The van der Waals surface area contributed by atoms with E-state index in [0.717, 1.165) is 4.47 Å². The first-order chi connectivity index (χ1) is 12.0. The molecular formula is C18H18BrFN2O3. The van der Waals surface area contributed by atoms with Crippen LogP contribution >= 0.6 is 15.9 Å². The molecule has 2 rings (SSSR count). The SMILES string of the molecule is CN(CCOc1ccc(Br)cc1)C(=O)CNC(=O)c1ccccc1F. The van der Waals surface area contributed by atoms with E-state index in [2.05, 4.69) is 21.2 Å². The Bertz CT molecular complexity index is 737. The third-order valence-electron chi connectivity index (χ3n) is 3.45. The van der Waals surface area contributed by atoms with Crippen molar-refractivity contribution in [3.8, 4) is 5.75 Å². The van der Waals surface area contributed by atoms with Gasteiger partial charge in [0.25, 0.3) is 5.91 Å². The highest BCUT2D eigenvalue weighted by Crippen LogP contribution is 2.15. The Labute approximate surface area is 153 Å². The molecular weight excluding hydrogens is 391 g/mol. The molecule has 132 valence electrons. The Morgan fingerprint density at radius 3 is 2.52 bits per heavy atom. The van der Waals surface area contributed by atoms with E-state index in [9.17, 15) is 14.0 Å². The van der Waals surface area contributed by atoms with Gasteiger partial charge in [-0.15, -0.1) is 0 Å². The Balaban J connectivity index is 1.73. The van der Waals surface area contributed by atoms with Gasteiger partial charge < -0.3 is 15.0 Å². The molecule has 2 aromatic rings. The average molecular weight is 409 g/mol. The van der Waals surface area contributed by atoms with E-state index in [0.29, 0.717) is 18.9 Å². The minimum Gasteiger partial charge on any atom is -0.492 e. The highest BCUT2D eigenvalue weighted by atomic mass is 79.9. The number of carbonyl (C=O) groups excluding carboxylic acids is 2. The van der Waals surface area contributed by atoms with Crippen LogP contribution in [-0.2, 0) is 4.79 Å². The monoisotopic (exact) mass is 408 g/mol. The van der Waals surface area contributed by atoms with Crippen LogP contribution in [0.1, 0.15) is 10.4 Å². The fraction of sp³-hybridized carbons (Fsp3) is 0.222. The number of nitrogens with one attached hydrogen (secondary N) is 1. The maximum Gasteiger partial charge on any atom is 0.254 e. The van der Waals surface area contributed by atoms with E-state index in [-0.39, 0.29) is 18.0 Å². The second-order valence-electron chi connectivity index (χ2n) is 5.28. The van der Waals surface area contributed by atoms with E-state index in [4.69, 9.17) is 4.74 Å². The van der Waals surface area contributed by atoms with Crippen LogP contribution in [0.5, 0.6) is 5.75 Å². The van der Waals surface area contributed by atoms with Gasteiger partial charge in [-0.25, -0.2) is 4.39 Å². The van der Waals surface area contributed by atoms with Crippen molar-refractivity contribution < 1.29 is 18.7 Å². The van der Waals surface area contributed by atoms with Gasteiger partial charge in [-0.3, -0.25) is 9.59 Å². The third kappa shape index (κ3) is 5.86. The van der Waals surface area contributed by atoms with Crippen molar-refractivity contribution in [2.45, 2.75) is 0 Å². The predicted octanol–water partition coefficient (Wildman–Crippen LogP) is 2.86. The Morgan fingerprint density at radius 1 is 1.16 bits per heavy atom. The summed E-state index contributed by atoms with van der Waals surface area (Å²) < 4.78 is 20.0. The van der Waals surface area contributed by atoms with Gasteiger partial charge in [0.2, 0.25) is 5.91 Å². The summed E-state index contributed by atoms with van der Waals surface area (Å²) in [5.41, 5.74) is -0.0866. The van der Waals surface area contributed by atoms with Crippen LogP contribution < -0.4 is 10.1 Å². The second kappa shape index (κ2) is 9.17. The summed E-state index contributed by atoms with van der Waals surface area (Å²) in [5.74, 6) is -0.823. The van der Waals surface area contributed by atoms with Crippen LogP contribution in [0.3, 0.4) is 0 Å². The van der Waals surface area contributed by atoms with Crippen LogP contribution in [0.4, 0.5) is 4.39 Å². The summed E-state index contributed by atoms with van der Waals surface area (Å²) in [6.07, 6.45) is 0. The number of likely N-dealkylation sites (N-methyl/N-ethyl adjacent to an activating group) is 1. The summed E-state index contributed by atoms with van der Waals surface area (Å²) in [4.78, 5) is 25.3. The van der Waals surface area contributed by atoms with Gasteiger partial charge in [0.1, 0.15) is 18.2 Å². The Kier molecular flexibility index (Phi) is 6.94. The predicted molar refractivity (Wildman–Crippen MR) is 96.0 cm³/mol. The van der Waals surface area contributed by atoms with Crippen LogP contribution in [-0.4, -0.2) is 43.5 Å². The molecule has 0 saturated heterocycles. The highest BCUT2D eigenvalue weighted by Gasteiger charge is 2.14. The van der Waals surface area contributed by atoms with E-state index in [1.807, 2.05) is 24.3 Å². The van der Waals surface area contributed by atoms with Gasteiger partial charge in [0.15, 0.2) is 0 Å². The first-order valence-electron chi connectivity index (χ1n) is 7.62. The van der Waals surface area contributed by atoms with E-state index >= 15 is 0 Å². The quantitative estimate of drug-likeness (QED) is 0.765. The van der Waals surface area contributed by atoms with Gasteiger partial charge in [-0.05, 0) is 36.4 Å². The zero-order valence-electron chi connectivity index (χ0n) is 13.7. The minimum absolute atomic E-state index is 0.0866. The molecule has 0 heterocycles. The average Bonchev–Trinajstić information content (AvgIpc) is 2.61. The lowest BCUT2D eigenvalue weighted by atomic mass is 10.2. The summed E-state index contributed by atoms with van der Waals surface area (Å²) in [7, 11) is 1.61. The number of rotatable bonds is 7. The standard InChI is InChI=1S/C18H18BrFN2O3/c1-22(10-11-25-14-8-6-13(19)7-9-14)17(23)12-21-18(24)15-4-2-3-5-16(15)20/h2-9H,10-12H2,1H3,(H,21,24). The third-order valence-corrected chi connectivity index (χ3v) is 3.98. The zero-order chi connectivity index (χ0) is 18.2. The smallest absolute Gasteiger partial charge is 0.254 e. The van der Waals surface area contributed by atoms with Gasteiger partial charge in [-0.2, -0.15) is 0 Å². The minimum atomic E-state index is -0.622. The molecule has 2 amide bonds. The first-order valence-corrected chi connectivity index (χ1v) is 8.41. The van der Waals surface area contributed by atoms with Gasteiger partial charge in [0, 0.05) is 11.5 Å². The molecule has 1 N–H and O–H groups in total. The van der Waals surface area contributed by atoms with Crippen LogP contribution in [0.25, 0.3) is 0 Å². The fourth-order valence-electron chi connectivity index (χ4n) is 1.99. The molecule has 7 heteroatoms. The van der Waals surface area contributed by atoms with E-state index in [1.165, 1.54) is 23.1 Å². The van der Waals surface area contributed by atoms with Gasteiger partial charge in [-0.1, -0.05) is 28.1 Å². The number of amides is 2. The number of halogens is 2. The molecule has 0 radical (unpaired) electrons. The molecule has 25 heavy (non-hydrogen) atoms. The summed E-state index contributed by atoms with van der Waals surface area (Å²) in [5, 5.41) is 2.42. The number of hydrogen-bond donors (Lipinski definition) is 1. The van der Waals surface area contributed by atoms with Crippen molar-refractivity contribution in [1.29, 1.82) is 0 Å². The van der Waals surface area contributed by atoms with Crippen molar-refractivity contribution in [2.75, 3.05) is 26.7 Å². The first kappa shape index (κ1) is 18.9. The maximum absolute atomic E-state index is 13.5. The molecule has 0 aliphatic carbocycles. The number of nitrogens with zero attached hydrogens (tertiary/aromatic N) is 1. The van der Waals surface area contributed by atoms with Crippen LogP contribution in [0, 0.1) is 5.82 Å². The van der Waals surface area contributed by atoms with Crippen molar-refractivity contribution in [3.63, 3.8) is 0 Å². The van der Waals surface area contributed by atoms with E-state index < -0.39 is 11.7 Å². The van der Waals surface area contributed by atoms with Crippen LogP contribution in [0.15, 0.2) is 53.0 Å². The fourth-order valence-corrected chi connectivity index (χ4v) is 2.25. The Morgan fingerprint density at radius 2 is 1.84 bits per heavy atom. The lowest BCUT2D eigenvalue weighted by Gasteiger charge is -2.18. The molecule has 0 aliphatic rings. The Hall–Kier alpha value is -2.41. The van der Waals surface area contributed by atoms with Gasteiger partial charge >= 0.3 is 0 Å². The normalized spacial score (nSPS) is 10.2. The molecule has 0 bridgehead atoms. The number of ether oxygens (including phenoxy) is 1.